The molecule has 3 aromatic rings. The van der Waals surface area contributed by atoms with Gasteiger partial charge in [-0.1, -0.05) is 26.8 Å². The van der Waals surface area contributed by atoms with Crippen LogP contribution in [0.2, 0.25) is 0 Å². The summed E-state index contributed by atoms with van der Waals surface area (Å²) in [5.41, 5.74) is 2.92. The number of piperidine rings is 1. The Balaban J connectivity index is 1.68. The number of rotatable bonds is 5. The highest BCUT2D eigenvalue weighted by molar-refractivity contribution is 7.89. The standard InChI is InChI=1S/C28H32N4O4S/c1-6-32-11-9-18(10-12-32)36-23-15-21-20(14-24(23)37(34,35)31(4)5)26(33)25-19-8-7-17(16-29)13-22(19)30-27(25)28(21,2)3/h7-8,13-15,18,30H,6,9-12H2,1-5H3. The summed E-state index contributed by atoms with van der Waals surface area (Å²) in [5, 5.41) is 10.1. The third-order valence-corrected chi connectivity index (χ3v) is 9.65. The Labute approximate surface area is 217 Å². The number of nitrogens with one attached hydrogen (secondary N) is 1. The summed E-state index contributed by atoms with van der Waals surface area (Å²) in [4.78, 5) is 19.6. The molecule has 1 fully saturated rings. The number of nitriles is 1. The Bertz CT molecular complexity index is 1550. The highest BCUT2D eigenvalue weighted by atomic mass is 32.2. The SMILES string of the molecule is CCN1CCC(Oc2cc3c(cc2S(=O)(=O)N(C)C)C(=O)c2c([nH]c4cc(C#N)ccc24)C3(C)C)CC1. The van der Waals surface area contributed by atoms with E-state index in [1.165, 1.54) is 20.2 Å². The lowest BCUT2D eigenvalue weighted by atomic mass is 9.71. The van der Waals surface area contributed by atoms with Gasteiger partial charge in [-0.05, 0) is 49.2 Å². The van der Waals surface area contributed by atoms with Gasteiger partial charge in [0, 0.05) is 54.8 Å². The smallest absolute Gasteiger partial charge is 0.246 e. The van der Waals surface area contributed by atoms with Crippen LogP contribution in [-0.4, -0.2) is 68.2 Å². The summed E-state index contributed by atoms with van der Waals surface area (Å²) in [6, 6.07) is 10.6. The molecular formula is C28H32N4O4S. The van der Waals surface area contributed by atoms with E-state index < -0.39 is 15.4 Å². The average Bonchev–Trinajstić information content (AvgIpc) is 3.27. The Kier molecular flexibility index (Phi) is 6.18. The first-order valence-corrected chi connectivity index (χ1v) is 14.0. The molecule has 0 unspecified atom stereocenters. The van der Waals surface area contributed by atoms with Crippen LogP contribution < -0.4 is 4.74 Å². The lowest BCUT2D eigenvalue weighted by molar-refractivity contribution is 0.100. The predicted molar refractivity (Wildman–Crippen MR) is 142 cm³/mol. The molecule has 1 aliphatic carbocycles. The van der Waals surface area contributed by atoms with E-state index in [0.29, 0.717) is 22.2 Å². The van der Waals surface area contributed by atoms with Crippen LogP contribution in [0.25, 0.3) is 10.9 Å². The van der Waals surface area contributed by atoms with Crippen molar-refractivity contribution >= 4 is 26.7 Å². The van der Waals surface area contributed by atoms with E-state index in [1.807, 2.05) is 13.8 Å². The molecule has 5 rings (SSSR count). The fourth-order valence-electron chi connectivity index (χ4n) is 5.52. The van der Waals surface area contributed by atoms with Crippen LogP contribution in [0, 0.1) is 11.3 Å². The monoisotopic (exact) mass is 520 g/mol. The number of carbonyl (C=O) groups excluding carboxylic acids is 1. The van der Waals surface area contributed by atoms with E-state index in [1.54, 1.807) is 24.3 Å². The van der Waals surface area contributed by atoms with Gasteiger partial charge in [0.1, 0.15) is 16.7 Å². The van der Waals surface area contributed by atoms with Crippen molar-refractivity contribution in [1.29, 1.82) is 5.26 Å². The number of ether oxygens (including phenoxy) is 1. The second-order valence-electron chi connectivity index (χ2n) is 10.6. The van der Waals surface area contributed by atoms with Gasteiger partial charge in [0.05, 0.1) is 17.2 Å². The zero-order valence-corrected chi connectivity index (χ0v) is 22.7. The normalized spacial score (nSPS) is 18.0. The maximum atomic E-state index is 13.9. The number of ketones is 1. The number of benzene rings is 2. The fraction of sp³-hybridized carbons (Fsp3) is 0.429. The molecule has 0 atom stereocenters. The first kappa shape index (κ1) is 25.5. The zero-order valence-electron chi connectivity index (χ0n) is 21.9. The molecule has 2 heterocycles. The number of hydrogen-bond donors (Lipinski definition) is 1. The molecule has 194 valence electrons. The van der Waals surface area contributed by atoms with E-state index in [9.17, 15) is 18.5 Å². The topological polar surface area (TPSA) is 106 Å². The number of carbonyl (C=O) groups is 1. The summed E-state index contributed by atoms with van der Waals surface area (Å²) in [7, 11) is -0.920. The van der Waals surface area contributed by atoms with Crippen molar-refractivity contribution in [2.75, 3.05) is 33.7 Å². The minimum absolute atomic E-state index is 0.00776. The molecule has 1 saturated heterocycles. The first-order valence-electron chi connectivity index (χ1n) is 12.6. The molecule has 0 saturated carbocycles. The first-order chi connectivity index (χ1) is 17.5. The van der Waals surface area contributed by atoms with Crippen molar-refractivity contribution < 1.29 is 17.9 Å². The molecule has 1 N–H and O–H groups in total. The van der Waals surface area contributed by atoms with Crippen molar-refractivity contribution in [1.82, 2.24) is 14.2 Å². The molecule has 1 aliphatic heterocycles. The van der Waals surface area contributed by atoms with Gasteiger partial charge in [0.15, 0.2) is 5.78 Å². The summed E-state index contributed by atoms with van der Waals surface area (Å²) in [5.74, 6) is 0.0490. The van der Waals surface area contributed by atoms with Gasteiger partial charge in [-0.2, -0.15) is 5.26 Å². The Morgan fingerprint density at radius 3 is 2.51 bits per heavy atom. The third-order valence-electron chi connectivity index (χ3n) is 7.82. The number of sulfonamides is 1. The van der Waals surface area contributed by atoms with Crippen molar-refractivity contribution in [3.63, 3.8) is 0 Å². The van der Waals surface area contributed by atoms with Gasteiger partial charge >= 0.3 is 0 Å². The molecule has 2 aliphatic rings. The van der Waals surface area contributed by atoms with Gasteiger partial charge in [0.2, 0.25) is 10.0 Å². The maximum absolute atomic E-state index is 13.9. The second-order valence-corrected chi connectivity index (χ2v) is 12.7. The number of likely N-dealkylation sites (tertiary alicyclic amines) is 1. The lowest BCUT2D eigenvalue weighted by Gasteiger charge is -2.35. The highest BCUT2D eigenvalue weighted by Crippen LogP contribution is 2.46. The number of nitrogens with zero attached hydrogens (tertiary/aromatic N) is 3. The quantitative estimate of drug-likeness (QED) is 0.545. The van der Waals surface area contributed by atoms with Gasteiger partial charge in [-0.3, -0.25) is 4.79 Å². The summed E-state index contributed by atoms with van der Waals surface area (Å²) >= 11 is 0. The van der Waals surface area contributed by atoms with E-state index >= 15 is 0 Å². The summed E-state index contributed by atoms with van der Waals surface area (Å²) in [6.07, 6.45) is 1.51. The van der Waals surface area contributed by atoms with Gasteiger partial charge < -0.3 is 14.6 Å². The highest BCUT2D eigenvalue weighted by Gasteiger charge is 2.42. The molecule has 0 amide bonds. The van der Waals surface area contributed by atoms with Crippen molar-refractivity contribution in [2.45, 2.75) is 50.0 Å². The van der Waals surface area contributed by atoms with Crippen LogP contribution in [0.1, 0.15) is 66.4 Å². The Morgan fingerprint density at radius 2 is 1.89 bits per heavy atom. The largest absolute Gasteiger partial charge is 0.489 e. The minimum Gasteiger partial charge on any atom is -0.489 e. The van der Waals surface area contributed by atoms with E-state index in [-0.39, 0.29) is 22.5 Å². The summed E-state index contributed by atoms with van der Waals surface area (Å²) < 4.78 is 34.4. The molecule has 0 bridgehead atoms. The van der Waals surface area contributed by atoms with Crippen LogP contribution in [0.5, 0.6) is 5.75 Å². The van der Waals surface area contributed by atoms with Crippen molar-refractivity contribution in [2.24, 2.45) is 0 Å². The van der Waals surface area contributed by atoms with Gasteiger partial charge in [-0.15, -0.1) is 0 Å². The number of aromatic nitrogens is 1. The number of hydrogen-bond acceptors (Lipinski definition) is 6. The number of fused-ring (bicyclic) bond motifs is 4. The summed E-state index contributed by atoms with van der Waals surface area (Å²) in [6.45, 7) is 8.93. The molecule has 1 aromatic heterocycles. The molecule has 8 nitrogen and oxygen atoms in total. The number of H-pyrrole nitrogens is 1. The van der Waals surface area contributed by atoms with E-state index in [2.05, 4.69) is 22.9 Å². The van der Waals surface area contributed by atoms with E-state index in [0.717, 1.165) is 53.4 Å². The lowest BCUT2D eigenvalue weighted by Crippen LogP contribution is -2.38. The van der Waals surface area contributed by atoms with Gasteiger partial charge in [-0.25, -0.2) is 12.7 Å². The van der Waals surface area contributed by atoms with Crippen LogP contribution in [0.3, 0.4) is 0 Å². The second kappa shape index (κ2) is 8.98. The van der Waals surface area contributed by atoms with Crippen LogP contribution in [0.4, 0.5) is 0 Å². The van der Waals surface area contributed by atoms with Gasteiger partial charge in [0.25, 0.3) is 0 Å². The zero-order chi connectivity index (χ0) is 26.7. The maximum Gasteiger partial charge on any atom is 0.246 e. The third kappa shape index (κ3) is 4.04. The van der Waals surface area contributed by atoms with E-state index in [4.69, 9.17) is 4.74 Å². The molecule has 2 aromatic carbocycles. The minimum atomic E-state index is -3.88. The fourth-order valence-corrected chi connectivity index (χ4v) is 6.54. The molecule has 0 spiro atoms. The number of aromatic amines is 1. The average molecular weight is 521 g/mol. The predicted octanol–water partition coefficient (Wildman–Crippen LogP) is 4.02. The Morgan fingerprint density at radius 1 is 1.19 bits per heavy atom. The molecular weight excluding hydrogens is 488 g/mol. The Hall–Kier alpha value is -3.19. The van der Waals surface area contributed by atoms with Crippen LogP contribution >= 0.6 is 0 Å². The molecule has 0 radical (unpaired) electrons. The van der Waals surface area contributed by atoms with Crippen molar-refractivity contribution in [3.05, 3.63) is 58.3 Å². The van der Waals surface area contributed by atoms with Crippen LogP contribution in [0.15, 0.2) is 35.2 Å². The van der Waals surface area contributed by atoms with Crippen molar-refractivity contribution in [3.8, 4) is 11.8 Å². The van der Waals surface area contributed by atoms with Crippen LogP contribution in [-0.2, 0) is 15.4 Å². The molecule has 37 heavy (non-hydrogen) atoms. The molecule has 9 heteroatoms.